The van der Waals surface area contributed by atoms with Crippen molar-refractivity contribution in [2.45, 2.75) is 51.6 Å². The lowest BCUT2D eigenvalue weighted by Gasteiger charge is -2.38. The average molecular weight is 447 g/mol. The normalized spacial score (nSPS) is 20.7. The van der Waals surface area contributed by atoms with E-state index >= 15 is 0 Å². The zero-order valence-corrected chi connectivity index (χ0v) is 17.0. The number of nitrogens with zero attached hydrogens (tertiary/aromatic N) is 4. The van der Waals surface area contributed by atoms with Crippen LogP contribution in [-0.2, 0) is 4.74 Å². The Morgan fingerprint density at radius 1 is 1.23 bits per heavy atom. The number of rotatable bonds is 5. The fourth-order valence-corrected chi connectivity index (χ4v) is 3.10. The van der Waals surface area contributed by atoms with E-state index in [2.05, 4.69) is 19.7 Å². The SMILES string of the molecule is CC(c1nc(-c2cnc(N)c(OC(F)F)c2)cc(N2C[C@H](C)OC[C@@H]2C)n1)C(F)(F)F. The van der Waals surface area contributed by atoms with Crippen LogP contribution in [-0.4, -0.2) is 53.0 Å². The van der Waals surface area contributed by atoms with Crippen molar-refractivity contribution >= 4 is 11.6 Å². The van der Waals surface area contributed by atoms with Crippen LogP contribution in [0.15, 0.2) is 18.3 Å². The lowest BCUT2D eigenvalue weighted by molar-refractivity contribution is -0.147. The third-order valence-electron chi connectivity index (χ3n) is 4.90. The third-order valence-corrected chi connectivity index (χ3v) is 4.90. The van der Waals surface area contributed by atoms with Gasteiger partial charge in [-0.25, -0.2) is 15.0 Å². The summed E-state index contributed by atoms with van der Waals surface area (Å²) in [5.41, 5.74) is 5.80. The molecule has 0 radical (unpaired) electrons. The topological polar surface area (TPSA) is 86.4 Å². The molecule has 3 atom stereocenters. The molecule has 1 saturated heterocycles. The molecule has 3 rings (SSSR count). The number of ether oxygens (including phenoxy) is 2. The zero-order chi connectivity index (χ0) is 22.9. The molecule has 0 bridgehead atoms. The van der Waals surface area contributed by atoms with Gasteiger partial charge in [-0.15, -0.1) is 0 Å². The number of halogens is 5. The monoisotopic (exact) mass is 447 g/mol. The second kappa shape index (κ2) is 8.77. The number of hydrogen-bond acceptors (Lipinski definition) is 7. The molecule has 1 fully saturated rings. The molecular weight excluding hydrogens is 425 g/mol. The third kappa shape index (κ3) is 5.30. The Labute approximate surface area is 175 Å². The maximum Gasteiger partial charge on any atom is 0.398 e. The highest BCUT2D eigenvalue weighted by molar-refractivity contribution is 5.66. The maximum absolute atomic E-state index is 13.4. The molecule has 0 saturated carbocycles. The summed E-state index contributed by atoms with van der Waals surface area (Å²) in [4.78, 5) is 13.8. The van der Waals surface area contributed by atoms with Gasteiger partial charge >= 0.3 is 12.8 Å². The summed E-state index contributed by atoms with van der Waals surface area (Å²) < 4.78 is 75.4. The predicted molar refractivity (Wildman–Crippen MR) is 103 cm³/mol. The maximum atomic E-state index is 13.4. The quantitative estimate of drug-likeness (QED) is 0.694. The second-order valence-corrected chi connectivity index (χ2v) is 7.36. The Balaban J connectivity index is 2.11. The van der Waals surface area contributed by atoms with Crippen molar-refractivity contribution in [3.8, 4) is 17.0 Å². The summed E-state index contributed by atoms with van der Waals surface area (Å²) >= 11 is 0. The first-order valence-electron chi connectivity index (χ1n) is 9.50. The minimum atomic E-state index is -4.57. The van der Waals surface area contributed by atoms with Crippen LogP contribution in [0.2, 0.25) is 0 Å². The standard InChI is InChI=1S/C19H22F5N5O2/c1-9-8-30-10(2)7-29(9)15-5-13(27-17(28-15)11(3)19(22,23)24)12-4-14(31-18(20)21)16(25)26-6-12/h4-6,9-11,18H,7-8H2,1-3H3,(H2,25,26)/t9-,10-,11?/m0/s1. The number of alkyl halides is 5. The number of morpholine rings is 1. The van der Waals surface area contributed by atoms with E-state index in [1.807, 2.05) is 18.7 Å². The smallest absolute Gasteiger partial charge is 0.398 e. The van der Waals surface area contributed by atoms with Crippen LogP contribution in [0, 0.1) is 0 Å². The van der Waals surface area contributed by atoms with E-state index in [-0.39, 0.29) is 35.0 Å². The van der Waals surface area contributed by atoms with Crippen LogP contribution in [0.3, 0.4) is 0 Å². The average Bonchev–Trinajstić information content (AvgIpc) is 2.69. The highest BCUT2D eigenvalue weighted by Crippen LogP contribution is 2.36. The van der Waals surface area contributed by atoms with Crippen molar-refractivity contribution in [1.82, 2.24) is 15.0 Å². The van der Waals surface area contributed by atoms with Gasteiger partial charge in [0.1, 0.15) is 17.6 Å². The first-order valence-corrected chi connectivity index (χ1v) is 9.50. The number of anilines is 2. The summed E-state index contributed by atoms with van der Waals surface area (Å²) in [5, 5.41) is 0. The molecule has 2 N–H and O–H groups in total. The lowest BCUT2D eigenvalue weighted by atomic mass is 10.1. The van der Waals surface area contributed by atoms with Crippen molar-refractivity contribution in [3.05, 3.63) is 24.2 Å². The number of hydrogen-bond donors (Lipinski definition) is 1. The van der Waals surface area contributed by atoms with Crippen molar-refractivity contribution in [2.75, 3.05) is 23.8 Å². The van der Waals surface area contributed by atoms with E-state index in [1.165, 1.54) is 12.3 Å². The Morgan fingerprint density at radius 2 is 1.94 bits per heavy atom. The number of aromatic nitrogens is 3. The molecule has 0 spiro atoms. The molecule has 1 aliphatic rings. The van der Waals surface area contributed by atoms with Gasteiger partial charge in [0.15, 0.2) is 11.6 Å². The highest BCUT2D eigenvalue weighted by atomic mass is 19.4. The van der Waals surface area contributed by atoms with Crippen LogP contribution in [0.25, 0.3) is 11.3 Å². The van der Waals surface area contributed by atoms with Gasteiger partial charge in [0, 0.05) is 24.4 Å². The van der Waals surface area contributed by atoms with E-state index in [0.29, 0.717) is 13.2 Å². The summed E-state index contributed by atoms with van der Waals surface area (Å²) in [6.45, 7) is 2.31. The van der Waals surface area contributed by atoms with Crippen molar-refractivity contribution < 1.29 is 31.4 Å². The molecule has 1 aliphatic heterocycles. The summed E-state index contributed by atoms with van der Waals surface area (Å²) in [6.07, 6.45) is -3.49. The van der Waals surface area contributed by atoms with Gasteiger partial charge in [-0.2, -0.15) is 22.0 Å². The zero-order valence-electron chi connectivity index (χ0n) is 17.0. The Hall–Kier alpha value is -2.76. The van der Waals surface area contributed by atoms with Crippen LogP contribution in [0.1, 0.15) is 32.5 Å². The molecule has 3 heterocycles. The van der Waals surface area contributed by atoms with Gasteiger partial charge in [-0.1, -0.05) is 0 Å². The van der Waals surface area contributed by atoms with Crippen molar-refractivity contribution in [3.63, 3.8) is 0 Å². The molecule has 7 nitrogen and oxygen atoms in total. The van der Waals surface area contributed by atoms with E-state index in [0.717, 1.165) is 13.0 Å². The minimum Gasteiger partial charge on any atom is -0.431 e. The van der Waals surface area contributed by atoms with E-state index in [4.69, 9.17) is 10.5 Å². The number of pyridine rings is 1. The summed E-state index contributed by atoms with van der Waals surface area (Å²) in [5.74, 6) is -2.80. The Bertz CT molecular complexity index is 927. The van der Waals surface area contributed by atoms with E-state index in [9.17, 15) is 22.0 Å². The summed E-state index contributed by atoms with van der Waals surface area (Å²) in [7, 11) is 0. The van der Waals surface area contributed by atoms with Gasteiger partial charge in [0.25, 0.3) is 0 Å². The fourth-order valence-electron chi connectivity index (χ4n) is 3.10. The Morgan fingerprint density at radius 3 is 2.58 bits per heavy atom. The van der Waals surface area contributed by atoms with Gasteiger partial charge < -0.3 is 20.1 Å². The molecule has 1 unspecified atom stereocenters. The van der Waals surface area contributed by atoms with E-state index < -0.39 is 30.3 Å². The molecular formula is C19H22F5N5O2. The highest BCUT2D eigenvalue weighted by Gasteiger charge is 2.40. The fraction of sp³-hybridized carbons (Fsp3) is 0.526. The molecule has 0 amide bonds. The molecule has 12 heteroatoms. The molecule has 0 aliphatic carbocycles. The van der Waals surface area contributed by atoms with Gasteiger partial charge in [-0.3, -0.25) is 0 Å². The van der Waals surface area contributed by atoms with Crippen LogP contribution in [0.5, 0.6) is 5.75 Å². The van der Waals surface area contributed by atoms with Crippen molar-refractivity contribution in [1.29, 1.82) is 0 Å². The predicted octanol–water partition coefficient (Wildman–Crippen LogP) is 4.00. The molecule has 2 aromatic heterocycles. The molecule has 31 heavy (non-hydrogen) atoms. The van der Waals surface area contributed by atoms with Crippen molar-refractivity contribution in [2.24, 2.45) is 0 Å². The minimum absolute atomic E-state index is 0.0778. The summed E-state index contributed by atoms with van der Waals surface area (Å²) in [6, 6.07) is 2.50. The number of nitrogens with two attached hydrogens (primary N) is 1. The van der Waals surface area contributed by atoms with Gasteiger partial charge in [0.2, 0.25) is 0 Å². The lowest BCUT2D eigenvalue weighted by Crippen LogP contribution is -2.48. The van der Waals surface area contributed by atoms with Crippen LogP contribution in [0.4, 0.5) is 33.6 Å². The first-order chi connectivity index (χ1) is 14.5. The van der Waals surface area contributed by atoms with Crippen LogP contribution >= 0.6 is 0 Å². The number of nitrogen functional groups attached to an aromatic ring is 1. The molecule has 2 aromatic rings. The Kier molecular flexibility index (Phi) is 6.48. The first kappa shape index (κ1) is 22.9. The second-order valence-electron chi connectivity index (χ2n) is 7.36. The van der Waals surface area contributed by atoms with Gasteiger partial charge in [-0.05, 0) is 26.8 Å². The van der Waals surface area contributed by atoms with Gasteiger partial charge in [0.05, 0.1) is 24.4 Å². The molecule has 170 valence electrons. The molecule has 0 aromatic carbocycles. The largest absolute Gasteiger partial charge is 0.431 e. The van der Waals surface area contributed by atoms with E-state index in [1.54, 1.807) is 0 Å². The van der Waals surface area contributed by atoms with Crippen LogP contribution < -0.4 is 15.4 Å².